The minimum atomic E-state index is -1.05. The van der Waals surface area contributed by atoms with Crippen molar-refractivity contribution in [3.63, 3.8) is 0 Å². The number of nitrogens with one attached hydrogen (secondary N) is 2. The highest BCUT2D eigenvalue weighted by Crippen LogP contribution is 2.16. The van der Waals surface area contributed by atoms with Gasteiger partial charge < -0.3 is 10.4 Å². The van der Waals surface area contributed by atoms with Crippen molar-refractivity contribution in [3.05, 3.63) is 0 Å². The van der Waals surface area contributed by atoms with E-state index in [1.807, 2.05) is 11.8 Å². The van der Waals surface area contributed by atoms with Gasteiger partial charge >= 0.3 is 12.0 Å². The monoisotopic (exact) mass is 260 g/mol. The molecule has 1 fully saturated rings. The van der Waals surface area contributed by atoms with Crippen LogP contribution in [0.3, 0.4) is 0 Å². The predicted molar refractivity (Wildman–Crippen MR) is 63.9 cm³/mol. The lowest BCUT2D eigenvalue weighted by Gasteiger charge is -2.22. The van der Waals surface area contributed by atoms with Crippen LogP contribution in [0.5, 0.6) is 0 Å². The molecule has 96 valence electrons. The van der Waals surface area contributed by atoms with Gasteiger partial charge in [-0.15, -0.1) is 0 Å². The Hall–Kier alpha value is -1.24. The first-order valence-corrected chi connectivity index (χ1v) is 6.63. The third-order valence-corrected chi connectivity index (χ3v) is 3.42. The lowest BCUT2D eigenvalue weighted by Crippen LogP contribution is -2.45. The van der Waals surface area contributed by atoms with E-state index in [0.29, 0.717) is 0 Å². The first kappa shape index (κ1) is 13.8. The maximum Gasteiger partial charge on any atom is 0.321 e. The molecule has 0 spiro atoms. The second-order valence-electron chi connectivity index (χ2n) is 3.80. The quantitative estimate of drug-likeness (QED) is 0.687. The Balaban J connectivity index is 2.19. The molecule has 0 saturated carbocycles. The van der Waals surface area contributed by atoms with Gasteiger partial charge in [-0.3, -0.25) is 14.9 Å². The van der Waals surface area contributed by atoms with Crippen LogP contribution in [0.15, 0.2) is 0 Å². The van der Waals surface area contributed by atoms with Crippen molar-refractivity contribution in [2.24, 2.45) is 0 Å². The van der Waals surface area contributed by atoms with Crippen molar-refractivity contribution in [2.45, 2.75) is 31.7 Å². The first-order valence-electron chi connectivity index (χ1n) is 5.48. The van der Waals surface area contributed by atoms with Crippen molar-refractivity contribution in [1.82, 2.24) is 10.6 Å². The molecule has 0 bridgehead atoms. The third kappa shape index (κ3) is 6.15. The number of amides is 3. The molecule has 17 heavy (non-hydrogen) atoms. The molecule has 7 heteroatoms. The van der Waals surface area contributed by atoms with Gasteiger partial charge in [0.1, 0.15) is 0 Å². The predicted octanol–water partition coefficient (Wildman–Crippen LogP) is 0.573. The second kappa shape index (κ2) is 7.16. The van der Waals surface area contributed by atoms with Gasteiger partial charge in [-0.2, -0.15) is 11.8 Å². The number of hydrogen-bond donors (Lipinski definition) is 3. The van der Waals surface area contributed by atoms with Crippen LogP contribution in [0.2, 0.25) is 0 Å². The Morgan fingerprint density at radius 3 is 2.41 bits per heavy atom. The van der Waals surface area contributed by atoms with Gasteiger partial charge in [-0.25, -0.2) is 4.79 Å². The van der Waals surface area contributed by atoms with Crippen LogP contribution in [0.4, 0.5) is 4.79 Å². The van der Waals surface area contributed by atoms with Crippen molar-refractivity contribution in [3.8, 4) is 0 Å². The van der Waals surface area contributed by atoms with E-state index in [0.717, 1.165) is 24.3 Å². The Labute approximate surface area is 104 Å². The molecule has 1 saturated heterocycles. The molecule has 0 aromatic carbocycles. The Kier molecular flexibility index (Phi) is 5.82. The lowest BCUT2D eigenvalue weighted by atomic mass is 10.2. The standard InChI is InChI=1S/C10H16N2O4S/c13-8(1-2-9(14)15)12-10(16)11-7-3-5-17-6-4-7/h7H,1-6H2,(H,14,15)(H2,11,12,13,16). The third-order valence-electron chi connectivity index (χ3n) is 2.38. The highest BCUT2D eigenvalue weighted by atomic mass is 32.2. The first-order chi connectivity index (χ1) is 8.08. The highest BCUT2D eigenvalue weighted by molar-refractivity contribution is 7.99. The number of carboxylic acids is 1. The smallest absolute Gasteiger partial charge is 0.321 e. The Morgan fingerprint density at radius 2 is 1.82 bits per heavy atom. The summed E-state index contributed by atoms with van der Waals surface area (Å²) >= 11 is 1.85. The molecule has 0 radical (unpaired) electrons. The van der Waals surface area contributed by atoms with E-state index in [1.54, 1.807) is 0 Å². The molecule has 0 aromatic heterocycles. The number of urea groups is 1. The van der Waals surface area contributed by atoms with Crippen LogP contribution in [0.25, 0.3) is 0 Å². The molecule has 1 heterocycles. The fraction of sp³-hybridized carbons (Fsp3) is 0.700. The number of aliphatic carboxylic acids is 1. The Bertz CT molecular complexity index is 303. The summed E-state index contributed by atoms with van der Waals surface area (Å²) in [6.07, 6.45) is 1.37. The van der Waals surface area contributed by atoms with Crippen molar-refractivity contribution in [2.75, 3.05) is 11.5 Å². The van der Waals surface area contributed by atoms with Gasteiger partial charge in [-0.1, -0.05) is 0 Å². The molecule has 3 N–H and O–H groups in total. The zero-order chi connectivity index (χ0) is 12.7. The topological polar surface area (TPSA) is 95.5 Å². The molecule has 3 amide bonds. The summed E-state index contributed by atoms with van der Waals surface area (Å²) in [4.78, 5) is 32.8. The molecule has 0 atom stereocenters. The molecule has 6 nitrogen and oxygen atoms in total. The van der Waals surface area contributed by atoms with E-state index in [4.69, 9.17) is 5.11 Å². The van der Waals surface area contributed by atoms with Crippen LogP contribution >= 0.6 is 11.8 Å². The summed E-state index contributed by atoms with van der Waals surface area (Å²) in [5.41, 5.74) is 0. The average Bonchev–Trinajstić information content (AvgIpc) is 2.27. The van der Waals surface area contributed by atoms with Gasteiger partial charge in [0.25, 0.3) is 0 Å². The highest BCUT2D eigenvalue weighted by Gasteiger charge is 2.17. The zero-order valence-corrected chi connectivity index (χ0v) is 10.2. The fourth-order valence-corrected chi connectivity index (χ4v) is 2.58. The number of carbonyl (C=O) groups is 3. The molecule has 1 aliphatic heterocycles. The van der Waals surface area contributed by atoms with Crippen molar-refractivity contribution < 1.29 is 19.5 Å². The maximum absolute atomic E-state index is 11.4. The van der Waals surface area contributed by atoms with Crippen LogP contribution in [-0.2, 0) is 9.59 Å². The molecular weight excluding hydrogens is 244 g/mol. The molecule has 1 rings (SSSR count). The van der Waals surface area contributed by atoms with E-state index >= 15 is 0 Å². The van der Waals surface area contributed by atoms with Gasteiger partial charge in [0.2, 0.25) is 5.91 Å². The number of hydrogen-bond acceptors (Lipinski definition) is 4. The zero-order valence-electron chi connectivity index (χ0n) is 9.40. The summed E-state index contributed by atoms with van der Waals surface area (Å²) < 4.78 is 0. The van der Waals surface area contributed by atoms with Crippen LogP contribution in [-0.4, -0.2) is 40.6 Å². The van der Waals surface area contributed by atoms with E-state index in [9.17, 15) is 14.4 Å². The summed E-state index contributed by atoms with van der Waals surface area (Å²) in [7, 11) is 0. The number of thioether (sulfide) groups is 1. The number of rotatable bonds is 4. The van der Waals surface area contributed by atoms with Crippen molar-refractivity contribution >= 4 is 29.7 Å². The number of imide groups is 1. The lowest BCUT2D eigenvalue weighted by molar-refractivity contribution is -0.138. The molecular formula is C10H16N2O4S. The van der Waals surface area contributed by atoms with E-state index < -0.39 is 17.9 Å². The van der Waals surface area contributed by atoms with Gasteiger partial charge in [-0.05, 0) is 24.3 Å². The van der Waals surface area contributed by atoms with Gasteiger partial charge in [0, 0.05) is 12.5 Å². The summed E-state index contributed by atoms with van der Waals surface area (Å²) in [5, 5.41) is 13.2. The molecule has 0 aliphatic carbocycles. The van der Waals surface area contributed by atoms with E-state index in [1.165, 1.54) is 0 Å². The summed E-state index contributed by atoms with van der Waals surface area (Å²) in [6.45, 7) is 0. The minimum absolute atomic E-state index is 0.114. The van der Waals surface area contributed by atoms with Crippen LogP contribution in [0, 0.1) is 0 Å². The fourth-order valence-electron chi connectivity index (χ4n) is 1.47. The van der Waals surface area contributed by atoms with Gasteiger partial charge in [0.05, 0.1) is 6.42 Å². The van der Waals surface area contributed by atoms with Crippen LogP contribution < -0.4 is 10.6 Å². The van der Waals surface area contributed by atoms with E-state index in [-0.39, 0.29) is 18.9 Å². The summed E-state index contributed by atoms with van der Waals surface area (Å²) in [5.74, 6) is 0.412. The molecule has 1 aliphatic rings. The number of carboxylic acid groups (broad SMARTS) is 1. The normalized spacial score (nSPS) is 16.2. The van der Waals surface area contributed by atoms with Gasteiger partial charge in [0.15, 0.2) is 0 Å². The summed E-state index contributed by atoms with van der Waals surface area (Å²) in [6, 6.07) is -0.416. The minimum Gasteiger partial charge on any atom is -0.481 e. The number of carbonyl (C=O) groups excluding carboxylic acids is 2. The SMILES string of the molecule is O=C(O)CCC(=O)NC(=O)NC1CCSCC1. The largest absolute Gasteiger partial charge is 0.481 e. The second-order valence-corrected chi connectivity index (χ2v) is 5.03. The van der Waals surface area contributed by atoms with Crippen LogP contribution in [0.1, 0.15) is 25.7 Å². The van der Waals surface area contributed by atoms with Crippen molar-refractivity contribution in [1.29, 1.82) is 0 Å². The Morgan fingerprint density at radius 1 is 1.18 bits per heavy atom. The molecule has 0 aromatic rings. The maximum atomic E-state index is 11.4. The molecule has 0 unspecified atom stereocenters. The van der Waals surface area contributed by atoms with E-state index in [2.05, 4.69) is 10.6 Å². The average molecular weight is 260 g/mol.